The van der Waals surface area contributed by atoms with Crippen LogP contribution in [0.3, 0.4) is 0 Å². The molecule has 2 aromatic rings. The van der Waals surface area contributed by atoms with E-state index in [1.807, 2.05) is 0 Å². The summed E-state index contributed by atoms with van der Waals surface area (Å²) in [6.45, 7) is 0. The van der Waals surface area contributed by atoms with Crippen LogP contribution in [0, 0.1) is 0 Å². The van der Waals surface area contributed by atoms with Crippen LogP contribution in [0.4, 0.5) is 5.95 Å². The minimum Gasteiger partial charge on any atom is -0.463 e. The predicted octanol–water partition coefficient (Wildman–Crippen LogP) is 0.247. The number of hydrogen-bond donors (Lipinski definition) is 2. The summed E-state index contributed by atoms with van der Waals surface area (Å²) in [4.78, 5) is 27.0. The fourth-order valence-electron chi connectivity index (χ4n) is 1.53. The molecule has 0 unspecified atom stereocenters. The number of benzene rings is 1. The molecule has 0 aliphatic carbocycles. The molecule has 2 N–H and O–H groups in total. The van der Waals surface area contributed by atoms with Gasteiger partial charge in [0, 0.05) is 11.8 Å². The number of anilines is 1. The number of esters is 1. The van der Waals surface area contributed by atoms with Gasteiger partial charge in [-0.25, -0.2) is 13.2 Å². The molecule has 1 heterocycles. The van der Waals surface area contributed by atoms with Gasteiger partial charge in [0.1, 0.15) is 0 Å². The third-order valence-electron chi connectivity index (χ3n) is 2.63. The van der Waals surface area contributed by atoms with Crippen LogP contribution in [0.1, 0.15) is 21.0 Å². The quantitative estimate of drug-likeness (QED) is 0.770. The van der Waals surface area contributed by atoms with Crippen LogP contribution in [0.5, 0.6) is 0 Å². The first-order valence-corrected chi connectivity index (χ1v) is 7.82. The second kappa shape index (κ2) is 5.93. The summed E-state index contributed by atoms with van der Waals surface area (Å²) >= 11 is 0. The zero-order valence-electron chi connectivity index (χ0n) is 11.7. The first-order chi connectivity index (χ1) is 10.3. The fraction of sp³-hybridized carbons (Fsp3) is 0.167. The summed E-state index contributed by atoms with van der Waals surface area (Å²) in [5.74, 6) is -1.51. The zero-order chi connectivity index (χ0) is 16.3. The number of amides is 1. The highest BCUT2D eigenvalue weighted by Crippen LogP contribution is 2.11. The van der Waals surface area contributed by atoms with Crippen molar-refractivity contribution < 1.29 is 22.7 Å². The molecular formula is C12H12N4O5S. The van der Waals surface area contributed by atoms with E-state index in [1.165, 1.54) is 31.4 Å². The molecule has 0 aliphatic rings. The fourth-order valence-corrected chi connectivity index (χ4v) is 2.16. The number of rotatable bonds is 4. The van der Waals surface area contributed by atoms with Gasteiger partial charge in [0.05, 0.1) is 12.0 Å². The third-order valence-corrected chi connectivity index (χ3v) is 3.76. The van der Waals surface area contributed by atoms with E-state index in [0.29, 0.717) is 0 Å². The summed E-state index contributed by atoms with van der Waals surface area (Å²) < 4.78 is 27.1. The molecule has 1 amide bonds. The van der Waals surface area contributed by atoms with Gasteiger partial charge in [0.2, 0.25) is 11.8 Å². The number of ether oxygens (including phenoxy) is 1. The Morgan fingerprint density at radius 3 is 2.41 bits per heavy atom. The number of sulfone groups is 1. The van der Waals surface area contributed by atoms with E-state index in [-0.39, 0.29) is 22.2 Å². The van der Waals surface area contributed by atoms with Crippen LogP contribution in [0.15, 0.2) is 29.2 Å². The van der Waals surface area contributed by atoms with Crippen LogP contribution in [-0.2, 0) is 14.6 Å². The molecule has 0 aliphatic heterocycles. The molecule has 10 heteroatoms. The molecular weight excluding hydrogens is 312 g/mol. The lowest BCUT2D eigenvalue weighted by Gasteiger charge is -2.02. The molecule has 0 spiro atoms. The van der Waals surface area contributed by atoms with Crippen LogP contribution in [0.25, 0.3) is 0 Å². The molecule has 2 rings (SSSR count). The second-order valence-electron chi connectivity index (χ2n) is 4.25. The molecule has 0 saturated heterocycles. The predicted molar refractivity (Wildman–Crippen MR) is 75.2 cm³/mol. The van der Waals surface area contributed by atoms with E-state index >= 15 is 0 Å². The topological polar surface area (TPSA) is 131 Å². The lowest BCUT2D eigenvalue weighted by Crippen LogP contribution is -2.13. The Hall–Kier alpha value is -2.75. The number of H-pyrrole nitrogens is 1. The number of nitrogens with zero attached hydrogens (tertiary/aromatic N) is 2. The minimum atomic E-state index is -3.33. The van der Waals surface area contributed by atoms with Crippen LogP contribution in [-0.4, -0.2) is 48.8 Å². The molecule has 0 atom stereocenters. The maximum absolute atomic E-state index is 12.0. The lowest BCUT2D eigenvalue weighted by atomic mass is 10.2. The average Bonchev–Trinajstić information content (AvgIpc) is 2.94. The minimum absolute atomic E-state index is 0.0995. The van der Waals surface area contributed by atoms with E-state index in [1.54, 1.807) is 0 Å². The molecule has 0 bridgehead atoms. The van der Waals surface area contributed by atoms with Crippen LogP contribution < -0.4 is 5.32 Å². The smallest absolute Gasteiger partial charge is 0.375 e. The van der Waals surface area contributed by atoms with Crippen molar-refractivity contribution in [3.05, 3.63) is 35.7 Å². The number of carbonyl (C=O) groups excluding carboxylic acids is 2. The first-order valence-electron chi connectivity index (χ1n) is 5.93. The molecule has 1 aromatic carbocycles. The normalized spacial score (nSPS) is 11.0. The average molecular weight is 324 g/mol. The number of carbonyl (C=O) groups is 2. The maximum Gasteiger partial charge on any atom is 0.375 e. The Labute approximate surface area is 125 Å². The number of nitrogens with one attached hydrogen (secondary N) is 2. The van der Waals surface area contributed by atoms with Crippen LogP contribution >= 0.6 is 0 Å². The Morgan fingerprint density at radius 1 is 1.23 bits per heavy atom. The van der Waals surface area contributed by atoms with Gasteiger partial charge in [-0.3, -0.25) is 15.2 Å². The van der Waals surface area contributed by atoms with Gasteiger partial charge in [-0.15, -0.1) is 5.10 Å². The molecule has 0 radical (unpaired) electrons. The Kier molecular flexibility index (Phi) is 4.22. The zero-order valence-corrected chi connectivity index (χ0v) is 12.5. The summed E-state index contributed by atoms with van der Waals surface area (Å²) in [5, 5.41) is 8.32. The molecule has 22 heavy (non-hydrogen) atoms. The van der Waals surface area contributed by atoms with Gasteiger partial charge in [-0.2, -0.15) is 4.98 Å². The Morgan fingerprint density at radius 2 is 1.86 bits per heavy atom. The highest BCUT2D eigenvalue weighted by molar-refractivity contribution is 7.90. The number of aromatic amines is 1. The Balaban J connectivity index is 2.12. The molecule has 1 aromatic heterocycles. The highest BCUT2D eigenvalue weighted by Gasteiger charge is 2.15. The molecule has 0 fully saturated rings. The lowest BCUT2D eigenvalue weighted by molar-refractivity contribution is 0.0587. The monoisotopic (exact) mass is 324 g/mol. The van der Waals surface area contributed by atoms with Gasteiger partial charge in [0.25, 0.3) is 5.91 Å². The number of aromatic nitrogens is 3. The number of hydrogen-bond acceptors (Lipinski definition) is 7. The van der Waals surface area contributed by atoms with Crippen molar-refractivity contribution >= 4 is 27.7 Å². The van der Waals surface area contributed by atoms with Gasteiger partial charge < -0.3 is 4.74 Å². The van der Waals surface area contributed by atoms with Gasteiger partial charge >= 0.3 is 5.97 Å². The third kappa shape index (κ3) is 3.47. The summed E-state index contributed by atoms with van der Waals surface area (Å²) in [6, 6.07) is 5.36. The van der Waals surface area contributed by atoms with E-state index in [4.69, 9.17) is 0 Å². The first kappa shape index (κ1) is 15.6. The summed E-state index contributed by atoms with van der Waals surface area (Å²) in [7, 11) is -2.14. The Bertz CT molecular complexity index is 810. The highest BCUT2D eigenvalue weighted by atomic mass is 32.2. The molecule has 0 saturated carbocycles. The SMILES string of the molecule is COC(=O)c1nc(NC(=O)c2ccc(S(C)(=O)=O)cc2)n[nH]1. The second-order valence-corrected chi connectivity index (χ2v) is 6.27. The van der Waals surface area contributed by atoms with Crippen molar-refractivity contribution in [3.8, 4) is 0 Å². The van der Waals surface area contributed by atoms with E-state index < -0.39 is 21.7 Å². The van der Waals surface area contributed by atoms with E-state index in [9.17, 15) is 18.0 Å². The van der Waals surface area contributed by atoms with Gasteiger partial charge in [0.15, 0.2) is 9.84 Å². The van der Waals surface area contributed by atoms with Gasteiger partial charge in [-0.05, 0) is 24.3 Å². The summed E-state index contributed by atoms with van der Waals surface area (Å²) in [5.41, 5.74) is 0.219. The largest absolute Gasteiger partial charge is 0.463 e. The van der Waals surface area contributed by atoms with Crippen molar-refractivity contribution in [2.24, 2.45) is 0 Å². The van der Waals surface area contributed by atoms with Crippen molar-refractivity contribution in [2.45, 2.75) is 4.90 Å². The van der Waals surface area contributed by atoms with Crippen molar-refractivity contribution in [2.75, 3.05) is 18.7 Å². The van der Waals surface area contributed by atoms with Crippen molar-refractivity contribution in [1.29, 1.82) is 0 Å². The summed E-state index contributed by atoms with van der Waals surface area (Å²) in [6.07, 6.45) is 1.07. The maximum atomic E-state index is 12.0. The van der Waals surface area contributed by atoms with E-state index in [0.717, 1.165) is 6.26 Å². The standard InChI is InChI=1S/C12H12N4O5S/c1-21-11(18)9-13-12(16-15-9)14-10(17)7-3-5-8(6-4-7)22(2,19)20/h3-6H,1-2H3,(H2,13,14,15,16,17). The molecule has 9 nitrogen and oxygen atoms in total. The van der Waals surface area contributed by atoms with Crippen molar-refractivity contribution in [1.82, 2.24) is 15.2 Å². The van der Waals surface area contributed by atoms with Gasteiger partial charge in [-0.1, -0.05) is 0 Å². The number of methoxy groups -OCH3 is 1. The van der Waals surface area contributed by atoms with E-state index in [2.05, 4.69) is 25.2 Å². The van der Waals surface area contributed by atoms with Crippen molar-refractivity contribution in [3.63, 3.8) is 0 Å². The molecule has 116 valence electrons. The van der Waals surface area contributed by atoms with Crippen LogP contribution in [0.2, 0.25) is 0 Å².